The van der Waals surface area contributed by atoms with Crippen LogP contribution in [0.2, 0.25) is 0 Å². The number of benzene rings is 1. The molecule has 0 saturated carbocycles. The van der Waals surface area contributed by atoms with Gasteiger partial charge in [-0.15, -0.1) is 0 Å². The van der Waals surface area contributed by atoms with Gasteiger partial charge in [-0.25, -0.2) is 4.39 Å². The molecule has 0 spiro atoms. The summed E-state index contributed by atoms with van der Waals surface area (Å²) in [5.74, 6) is 0.389. The molecular formula is C10H11BrFNO2. The summed E-state index contributed by atoms with van der Waals surface area (Å²) in [6.45, 7) is 1.90. The molecule has 1 aliphatic heterocycles. The molecule has 82 valence electrons. The van der Waals surface area contributed by atoms with Gasteiger partial charge in [-0.1, -0.05) is 0 Å². The molecule has 0 aromatic heterocycles. The summed E-state index contributed by atoms with van der Waals surface area (Å²) >= 11 is 3.27. The molecule has 1 aromatic rings. The van der Waals surface area contributed by atoms with E-state index >= 15 is 0 Å². The smallest absolute Gasteiger partial charge is 0.139 e. The first-order chi connectivity index (χ1) is 7.13. The van der Waals surface area contributed by atoms with E-state index in [1.807, 2.05) is 6.92 Å². The second kappa shape index (κ2) is 4.08. The lowest BCUT2D eigenvalue weighted by Crippen LogP contribution is -2.27. The van der Waals surface area contributed by atoms with Crippen LogP contribution in [0.1, 0.15) is 18.5 Å². The van der Waals surface area contributed by atoms with Crippen molar-refractivity contribution in [2.24, 2.45) is 0 Å². The lowest BCUT2D eigenvalue weighted by atomic mass is 10.1. The summed E-state index contributed by atoms with van der Waals surface area (Å²) in [6, 6.07) is 2.71. The maximum absolute atomic E-state index is 13.2. The van der Waals surface area contributed by atoms with Crippen LogP contribution in [0, 0.1) is 5.82 Å². The van der Waals surface area contributed by atoms with E-state index in [-0.39, 0.29) is 18.0 Å². The van der Waals surface area contributed by atoms with E-state index in [1.54, 1.807) is 0 Å². The van der Waals surface area contributed by atoms with Gasteiger partial charge in [0.15, 0.2) is 0 Å². The normalized spacial score (nSPS) is 23.7. The largest absolute Gasteiger partial charge is 0.487 e. The third kappa shape index (κ3) is 1.87. The Hall–Kier alpha value is -0.650. The van der Waals surface area contributed by atoms with Gasteiger partial charge in [0.05, 0.1) is 17.6 Å². The standard InChI is InChI=1S/C10H11BrFNO2/c1-5-9(13-14-2)7-3-6(12)4-8(11)10(7)15-5/h3-5,9,13H,1-2H3. The molecule has 0 saturated heterocycles. The van der Waals surface area contributed by atoms with Crippen molar-refractivity contribution in [2.75, 3.05) is 7.11 Å². The highest BCUT2D eigenvalue weighted by Crippen LogP contribution is 2.42. The minimum atomic E-state index is -0.291. The van der Waals surface area contributed by atoms with Crippen molar-refractivity contribution in [3.05, 3.63) is 28.0 Å². The van der Waals surface area contributed by atoms with Crippen LogP contribution in [-0.2, 0) is 4.84 Å². The zero-order valence-corrected chi connectivity index (χ0v) is 9.97. The van der Waals surface area contributed by atoms with Gasteiger partial charge in [-0.3, -0.25) is 0 Å². The summed E-state index contributed by atoms with van der Waals surface area (Å²) in [6.07, 6.45) is -0.0851. The molecule has 2 atom stereocenters. The Labute approximate surface area is 95.6 Å². The molecular weight excluding hydrogens is 265 g/mol. The first-order valence-electron chi connectivity index (χ1n) is 4.57. The summed E-state index contributed by atoms with van der Waals surface area (Å²) in [4.78, 5) is 4.87. The first kappa shape index (κ1) is 10.9. The van der Waals surface area contributed by atoms with Gasteiger partial charge >= 0.3 is 0 Å². The van der Waals surface area contributed by atoms with Crippen molar-refractivity contribution >= 4 is 15.9 Å². The van der Waals surface area contributed by atoms with Gasteiger partial charge in [-0.05, 0) is 35.0 Å². The van der Waals surface area contributed by atoms with E-state index in [4.69, 9.17) is 9.57 Å². The Morgan fingerprint density at radius 3 is 2.93 bits per heavy atom. The van der Waals surface area contributed by atoms with Crippen LogP contribution in [0.5, 0.6) is 5.75 Å². The molecule has 2 unspecified atom stereocenters. The van der Waals surface area contributed by atoms with E-state index in [1.165, 1.54) is 19.2 Å². The molecule has 0 radical (unpaired) electrons. The van der Waals surface area contributed by atoms with Gasteiger partial charge in [-0.2, -0.15) is 5.48 Å². The fraction of sp³-hybridized carbons (Fsp3) is 0.400. The lowest BCUT2D eigenvalue weighted by molar-refractivity contribution is 0.0338. The molecule has 1 heterocycles. The third-order valence-corrected chi connectivity index (χ3v) is 2.98. The molecule has 1 aromatic carbocycles. The number of hydrogen-bond acceptors (Lipinski definition) is 3. The topological polar surface area (TPSA) is 30.5 Å². The van der Waals surface area contributed by atoms with Crippen molar-refractivity contribution in [3.8, 4) is 5.75 Å². The highest BCUT2D eigenvalue weighted by molar-refractivity contribution is 9.10. The predicted octanol–water partition coefficient (Wildman–Crippen LogP) is 2.56. The summed E-state index contributed by atoms with van der Waals surface area (Å²) < 4.78 is 19.4. The maximum atomic E-state index is 13.2. The SMILES string of the molecule is CONC1c2cc(F)cc(Br)c2OC1C. The molecule has 1 aliphatic rings. The van der Waals surface area contributed by atoms with E-state index in [2.05, 4.69) is 21.4 Å². The monoisotopic (exact) mass is 275 g/mol. The zero-order chi connectivity index (χ0) is 11.0. The number of hydroxylamine groups is 1. The predicted molar refractivity (Wildman–Crippen MR) is 57.1 cm³/mol. The lowest BCUT2D eigenvalue weighted by Gasteiger charge is -2.14. The average molecular weight is 276 g/mol. The maximum Gasteiger partial charge on any atom is 0.139 e. The summed E-state index contributed by atoms with van der Waals surface area (Å²) in [5, 5.41) is 0. The Bertz CT molecular complexity index is 386. The number of halogens is 2. The van der Waals surface area contributed by atoms with Crippen LogP contribution in [0.15, 0.2) is 16.6 Å². The Kier molecular flexibility index (Phi) is 2.95. The molecule has 0 aliphatic carbocycles. The molecule has 0 bridgehead atoms. The Balaban J connectivity index is 2.43. The number of rotatable bonds is 2. The van der Waals surface area contributed by atoms with Crippen LogP contribution in [0.4, 0.5) is 4.39 Å². The van der Waals surface area contributed by atoms with Crippen molar-refractivity contribution in [2.45, 2.75) is 19.1 Å². The Morgan fingerprint density at radius 1 is 1.53 bits per heavy atom. The minimum Gasteiger partial charge on any atom is -0.487 e. The quantitative estimate of drug-likeness (QED) is 0.842. The Morgan fingerprint density at radius 2 is 2.27 bits per heavy atom. The third-order valence-electron chi connectivity index (χ3n) is 2.39. The molecule has 0 fully saturated rings. The van der Waals surface area contributed by atoms with Gasteiger partial charge in [0.1, 0.15) is 17.7 Å². The van der Waals surface area contributed by atoms with Crippen molar-refractivity contribution in [3.63, 3.8) is 0 Å². The van der Waals surface area contributed by atoms with Crippen LogP contribution in [-0.4, -0.2) is 13.2 Å². The highest BCUT2D eigenvalue weighted by Gasteiger charge is 2.33. The molecule has 0 amide bonds. The van der Waals surface area contributed by atoms with Crippen molar-refractivity contribution in [1.82, 2.24) is 5.48 Å². The number of hydrogen-bond donors (Lipinski definition) is 1. The van der Waals surface area contributed by atoms with Crippen LogP contribution >= 0.6 is 15.9 Å². The fourth-order valence-electron chi connectivity index (χ4n) is 1.73. The second-order valence-electron chi connectivity index (χ2n) is 3.43. The van der Waals surface area contributed by atoms with E-state index in [9.17, 15) is 4.39 Å². The molecule has 5 heteroatoms. The minimum absolute atomic E-state index is 0.0851. The molecule has 3 nitrogen and oxygen atoms in total. The van der Waals surface area contributed by atoms with Crippen molar-refractivity contribution in [1.29, 1.82) is 0 Å². The average Bonchev–Trinajstić information content (AvgIpc) is 2.46. The van der Waals surface area contributed by atoms with Crippen LogP contribution in [0.3, 0.4) is 0 Å². The first-order valence-corrected chi connectivity index (χ1v) is 5.37. The van der Waals surface area contributed by atoms with Gasteiger partial charge in [0, 0.05) is 5.56 Å². The van der Waals surface area contributed by atoms with Crippen LogP contribution in [0.25, 0.3) is 0 Å². The van der Waals surface area contributed by atoms with Gasteiger partial charge < -0.3 is 9.57 Å². The second-order valence-corrected chi connectivity index (χ2v) is 4.28. The van der Waals surface area contributed by atoms with Gasteiger partial charge in [0.2, 0.25) is 0 Å². The van der Waals surface area contributed by atoms with E-state index < -0.39 is 0 Å². The summed E-state index contributed by atoms with van der Waals surface area (Å²) in [7, 11) is 1.53. The van der Waals surface area contributed by atoms with E-state index in [0.717, 1.165) is 5.56 Å². The zero-order valence-electron chi connectivity index (χ0n) is 8.38. The molecule has 15 heavy (non-hydrogen) atoms. The number of fused-ring (bicyclic) bond motifs is 1. The highest BCUT2D eigenvalue weighted by atomic mass is 79.9. The molecule has 2 rings (SSSR count). The van der Waals surface area contributed by atoms with E-state index in [0.29, 0.717) is 10.2 Å². The van der Waals surface area contributed by atoms with Crippen LogP contribution < -0.4 is 10.2 Å². The molecule has 1 N–H and O–H groups in total. The summed E-state index contributed by atoms with van der Waals surface area (Å²) in [5.41, 5.74) is 3.57. The van der Waals surface area contributed by atoms with Crippen molar-refractivity contribution < 1.29 is 14.0 Å². The number of nitrogens with one attached hydrogen (secondary N) is 1. The van der Waals surface area contributed by atoms with Gasteiger partial charge in [0.25, 0.3) is 0 Å². The number of ether oxygens (including phenoxy) is 1. The fourth-order valence-corrected chi connectivity index (χ4v) is 2.27.